The number of aryl methyl sites for hydroxylation is 1. The van der Waals surface area contributed by atoms with E-state index in [1.165, 1.54) is 0 Å². The van der Waals surface area contributed by atoms with Gasteiger partial charge in [0.1, 0.15) is 0 Å². The lowest BCUT2D eigenvalue weighted by atomic mass is 9.96. The van der Waals surface area contributed by atoms with E-state index in [2.05, 4.69) is 18.3 Å². The number of pyridine rings is 1. The fourth-order valence-corrected chi connectivity index (χ4v) is 3.56. The van der Waals surface area contributed by atoms with Crippen molar-refractivity contribution in [3.05, 3.63) is 70.9 Å². The number of rotatable bonds is 8. The number of nitriles is 1. The first-order chi connectivity index (χ1) is 15.1. The lowest BCUT2D eigenvalue weighted by molar-refractivity contribution is -0.119. The van der Waals surface area contributed by atoms with Gasteiger partial charge in [0, 0.05) is 16.8 Å². The van der Waals surface area contributed by atoms with Gasteiger partial charge >= 0.3 is 5.97 Å². The van der Waals surface area contributed by atoms with E-state index in [1.54, 1.807) is 24.3 Å². The van der Waals surface area contributed by atoms with Crippen molar-refractivity contribution in [1.29, 1.82) is 5.26 Å². The number of carbonyl (C=O) groups excluding carboxylic acids is 2. The van der Waals surface area contributed by atoms with Crippen LogP contribution in [-0.2, 0) is 28.8 Å². The smallest absolute Gasteiger partial charge is 0.339 e. The van der Waals surface area contributed by atoms with Gasteiger partial charge in [-0.25, -0.2) is 4.79 Å². The molecule has 3 rings (SSSR count). The summed E-state index contributed by atoms with van der Waals surface area (Å²) in [4.78, 5) is 30.0. The molecule has 0 unspecified atom stereocenters. The van der Waals surface area contributed by atoms with Crippen LogP contribution in [0.3, 0.4) is 0 Å². The molecule has 2 aromatic carbocycles. The van der Waals surface area contributed by atoms with Crippen molar-refractivity contribution in [2.24, 2.45) is 0 Å². The lowest BCUT2D eigenvalue weighted by Crippen LogP contribution is -2.22. The fourth-order valence-electron chi connectivity index (χ4n) is 3.56. The molecule has 0 aliphatic rings. The van der Waals surface area contributed by atoms with Gasteiger partial charge in [-0.05, 0) is 42.2 Å². The predicted molar refractivity (Wildman–Crippen MR) is 120 cm³/mol. The molecular weight excluding hydrogens is 390 g/mol. The third-order valence-corrected chi connectivity index (χ3v) is 4.98. The molecule has 31 heavy (non-hydrogen) atoms. The zero-order valence-corrected chi connectivity index (χ0v) is 17.8. The fraction of sp³-hybridized carbons (Fsp3) is 0.280. The summed E-state index contributed by atoms with van der Waals surface area (Å²) in [5, 5.41) is 12.2. The van der Waals surface area contributed by atoms with Gasteiger partial charge in [-0.2, -0.15) is 5.26 Å². The molecule has 3 aromatic rings. The minimum atomic E-state index is -0.521. The van der Waals surface area contributed by atoms with Crippen LogP contribution in [0.15, 0.2) is 48.5 Å². The third kappa shape index (κ3) is 5.26. The third-order valence-electron chi connectivity index (χ3n) is 4.98. The molecule has 0 atom stereocenters. The van der Waals surface area contributed by atoms with Gasteiger partial charge in [0.15, 0.2) is 6.61 Å². The van der Waals surface area contributed by atoms with Crippen molar-refractivity contribution in [1.82, 2.24) is 4.98 Å². The van der Waals surface area contributed by atoms with E-state index >= 15 is 0 Å². The van der Waals surface area contributed by atoms with Crippen LogP contribution in [0.4, 0.5) is 5.69 Å². The van der Waals surface area contributed by atoms with E-state index in [0.29, 0.717) is 24.1 Å². The Bertz CT molecular complexity index is 1130. The number of nitrogens with zero attached hydrogens (tertiary/aromatic N) is 2. The van der Waals surface area contributed by atoms with Crippen LogP contribution >= 0.6 is 0 Å². The maximum absolute atomic E-state index is 13.0. The van der Waals surface area contributed by atoms with Crippen LogP contribution < -0.4 is 5.32 Å². The molecule has 1 heterocycles. The molecule has 0 saturated heterocycles. The number of fused-ring (bicyclic) bond motifs is 1. The first-order valence-corrected chi connectivity index (χ1v) is 10.4. The van der Waals surface area contributed by atoms with Gasteiger partial charge in [0.2, 0.25) is 0 Å². The van der Waals surface area contributed by atoms with Gasteiger partial charge in [-0.15, -0.1) is 0 Å². The molecule has 0 bridgehead atoms. The second-order valence-electron chi connectivity index (χ2n) is 7.19. The van der Waals surface area contributed by atoms with Crippen LogP contribution in [0.5, 0.6) is 0 Å². The van der Waals surface area contributed by atoms with Crippen LogP contribution in [0.1, 0.15) is 47.4 Å². The Hall–Kier alpha value is -3.72. The van der Waals surface area contributed by atoms with Crippen molar-refractivity contribution in [3.8, 4) is 6.07 Å². The number of hydrogen-bond acceptors (Lipinski definition) is 5. The summed E-state index contributed by atoms with van der Waals surface area (Å²) in [6, 6.07) is 16.6. The Kier molecular flexibility index (Phi) is 7.34. The summed E-state index contributed by atoms with van der Waals surface area (Å²) >= 11 is 0. The van der Waals surface area contributed by atoms with Crippen LogP contribution in [0.2, 0.25) is 0 Å². The molecule has 0 saturated carbocycles. The Morgan fingerprint density at radius 1 is 1.10 bits per heavy atom. The van der Waals surface area contributed by atoms with E-state index in [0.717, 1.165) is 40.6 Å². The average molecular weight is 415 g/mol. The maximum Gasteiger partial charge on any atom is 0.339 e. The molecule has 0 fully saturated rings. The molecule has 158 valence electrons. The number of nitrogens with one attached hydrogen (secondary N) is 1. The number of carbonyl (C=O) groups is 2. The number of esters is 1. The number of amides is 1. The van der Waals surface area contributed by atoms with Crippen LogP contribution in [0.25, 0.3) is 10.9 Å². The SMILES string of the molecule is CCCc1nc2ccccc2c(C(=O)OCC(=O)Nc2ccc(CC#N)cc2)c1CC. The zero-order valence-electron chi connectivity index (χ0n) is 17.8. The van der Waals surface area contributed by atoms with E-state index in [1.807, 2.05) is 31.2 Å². The second-order valence-corrected chi connectivity index (χ2v) is 7.19. The maximum atomic E-state index is 13.0. The van der Waals surface area contributed by atoms with E-state index in [9.17, 15) is 9.59 Å². The quantitative estimate of drug-likeness (QED) is 0.542. The largest absolute Gasteiger partial charge is 0.452 e. The van der Waals surface area contributed by atoms with Crippen molar-refractivity contribution in [3.63, 3.8) is 0 Å². The minimum Gasteiger partial charge on any atom is -0.452 e. The molecule has 0 radical (unpaired) electrons. The molecule has 1 N–H and O–H groups in total. The molecule has 0 aliphatic carbocycles. The summed E-state index contributed by atoms with van der Waals surface area (Å²) in [6.45, 7) is 3.68. The number of aromatic nitrogens is 1. The lowest BCUT2D eigenvalue weighted by Gasteiger charge is -2.15. The average Bonchev–Trinajstić information content (AvgIpc) is 2.78. The van der Waals surface area contributed by atoms with Crippen LogP contribution in [0, 0.1) is 11.3 Å². The highest BCUT2D eigenvalue weighted by Gasteiger charge is 2.21. The first kappa shape index (κ1) is 22.0. The molecule has 6 heteroatoms. The first-order valence-electron chi connectivity index (χ1n) is 10.4. The molecule has 1 amide bonds. The topological polar surface area (TPSA) is 92.1 Å². The summed E-state index contributed by atoms with van der Waals surface area (Å²) in [5.41, 5.74) is 4.46. The van der Waals surface area contributed by atoms with E-state index in [-0.39, 0.29) is 6.61 Å². The van der Waals surface area contributed by atoms with E-state index < -0.39 is 11.9 Å². The normalized spacial score (nSPS) is 10.5. The highest BCUT2D eigenvalue weighted by atomic mass is 16.5. The van der Waals surface area contributed by atoms with Crippen molar-refractivity contribution < 1.29 is 14.3 Å². The molecular formula is C25H25N3O3. The zero-order chi connectivity index (χ0) is 22.2. The Labute approximate surface area is 181 Å². The summed E-state index contributed by atoms with van der Waals surface area (Å²) in [7, 11) is 0. The van der Waals surface area contributed by atoms with Gasteiger partial charge in [0.05, 0.1) is 23.6 Å². The molecule has 6 nitrogen and oxygen atoms in total. The summed E-state index contributed by atoms with van der Waals surface area (Å²) in [5.74, 6) is -0.945. The van der Waals surface area contributed by atoms with Gasteiger partial charge < -0.3 is 10.1 Å². The Morgan fingerprint density at radius 2 is 1.84 bits per heavy atom. The van der Waals surface area contributed by atoms with Gasteiger partial charge in [-0.1, -0.05) is 50.6 Å². The molecule has 1 aromatic heterocycles. The van der Waals surface area contributed by atoms with Crippen LogP contribution in [-0.4, -0.2) is 23.5 Å². The second kappa shape index (κ2) is 10.4. The number of hydrogen-bond donors (Lipinski definition) is 1. The van der Waals surface area contributed by atoms with E-state index in [4.69, 9.17) is 15.0 Å². The monoisotopic (exact) mass is 415 g/mol. The Balaban J connectivity index is 1.76. The standard InChI is InChI=1S/C25H25N3O3/c1-3-7-21-19(4-2)24(20-8-5-6-9-22(20)28-21)25(30)31-16-23(29)27-18-12-10-17(11-13-18)14-15-26/h5-6,8-13H,3-4,7,14,16H2,1-2H3,(H,27,29). The number of ether oxygens (including phenoxy) is 1. The van der Waals surface area contributed by atoms with Crippen molar-refractivity contribution in [2.75, 3.05) is 11.9 Å². The molecule has 0 spiro atoms. The Morgan fingerprint density at radius 3 is 2.52 bits per heavy atom. The van der Waals surface area contributed by atoms with Gasteiger partial charge in [-0.3, -0.25) is 9.78 Å². The molecule has 0 aliphatic heterocycles. The number of para-hydroxylation sites is 1. The predicted octanol–water partition coefficient (Wildman–Crippen LogP) is 4.61. The minimum absolute atomic E-state index is 0.311. The summed E-state index contributed by atoms with van der Waals surface area (Å²) in [6.07, 6.45) is 2.66. The highest BCUT2D eigenvalue weighted by Crippen LogP contribution is 2.26. The summed E-state index contributed by atoms with van der Waals surface area (Å²) < 4.78 is 5.39. The number of anilines is 1. The van der Waals surface area contributed by atoms with Crippen molar-refractivity contribution >= 4 is 28.5 Å². The highest BCUT2D eigenvalue weighted by molar-refractivity contribution is 6.06. The number of benzene rings is 2. The van der Waals surface area contributed by atoms with Gasteiger partial charge in [0.25, 0.3) is 5.91 Å². The van der Waals surface area contributed by atoms with Crippen molar-refractivity contribution in [2.45, 2.75) is 39.5 Å².